The molecule has 1 N–H and O–H groups in total. The van der Waals surface area contributed by atoms with Crippen LogP contribution in [-0.2, 0) is 6.18 Å². The summed E-state index contributed by atoms with van der Waals surface area (Å²) in [6, 6.07) is 7.41. The molecule has 1 aromatic carbocycles. The molecule has 0 bridgehead atoms. The highest BCUT2D eigenvalue weighted by Crippen LogP contribution is 2.38. The van der Waals surface area contributed by atoms with Crippen LogP contribution < -0.4 is 5.32 Å². The lowest BCUT2D eigenvalue weighted by molar-refractivity contribution is -0.137. The lowest BCUT2D eigenvalue weighted by atomic mass is 9.82. The Balaban J connectivity index is 2.01. The third-order valence-electron chi connectivity index (χ3n) is 4.19. The average Bonchev–Trinajstić information content (AvgIpc) is 3.01. The first kappa shape index (κ1) is 20.0. The smallest absolute Gasteiger partial charge is 0.361 e. The summed E-state index contributed by atoms with van der Waals surface area (Å²) in [6.07, 6.45) is -7.33. The molecule has 3 aromatic rings. The van der Waals surface area contributed by atoms with Gasteiger partial charge in [0, 0.05) is 0 Å². The standard InChI is InChI=1S/C18H18F5N5/c1-17(2,3)14(10-5-4-6-11(9-10)18(21,22)23)24-12-7-8-13-25-26-16(15(19)20)28(13)27-12/h4-9,14-15H,1-3H3,(H,24,27). The Morgan fingerprint density at radius 3 is 2.32 bits per heavy atom. The van der Waals surface area contributed by atoms with Crippen molar-refractivity contribution in [3.8, 4) is 0 Å². The van der Waals surface area contributed by atoms with Crippen molar-refractivity contribution >= 4 is 11.5 Å². The van der Waals surface area contributed by atoms with Crippen LogP contribution in [0.2, 0.25) is 0 Å². The zero-order valence-corrected chi connectivity index (χ0v) is 15.3. The number of hydrogen-bond acceptors (Lipinski definition) is 4. The SMILES string of the molecule is CC(C)(C)C(Nc1ccc2nnc(C(F)F)n2n1)c1cccc(C(F)(F)F)c1. The zero-order valence-electron chi connectivity index (χ0n) is 15.3. The van der Waals surface area contributed by atoms with Crippen molar-refractivity contribution < 1.29 is 22.0 Å². The van der Waals surface area contributed by atoms with E-state index in [4.69, 9.17) is 0 Å². The molecule has 10 heteroatoms. The van der Waals surface area contributed by atoms with Gasteiger partial charge in [0.25, 0.3) is 6.43 Å². The second kappa shape index (κ2) is 6.99. The van der Waals surface area contributed by atoms with E-state index in [0.717, 1.165) is 16.6 Å². The van der Waals surface area contributed by atoms with Crippen LogP contribution in [0.4, 0.5) is 27.8 Å². The lowest BCUT2D eigenvalue weighted by Crippen LogP contribution is -2.27. The molecule has 3 rings (SSSR count). The van der Waals surface area contributed by atoms with Crippen LogP contribution in [0.15, 0.2) is 36.4 Å². The molecule has 0 radical (unpaired) electrons. The Bertz CT molecular complexity index is 974. The highest BCUT2D eigenvalue weighted by Gasteiger charge is 2.33. The van der Waals surface area contributed by atoms with Crippen LogP contribution in [0.5, 0.6) is 0 Å². The third kappa shape index (κ3) is 4.05. The van der Waals surface area contributed by atoms with E-state index >= 15 is 0 Å². The highest BCUT2D eigenvalue weighted by atomic mass is 19.4. The van der Waals surface area contributed by atoms with Crippen molar-refractivity contribution in [1.82, 2.24) is 19.8 Å². The number of nitrogens with one attached hydrogen (secondary N) is 1. The van der Waals surface area contributed by atoms with Crippen molar-refractivity contribution in [1.29, 1.82) is 0 Å². The number of halogens is 5. The summed E-state index contributed by atoms with van der Waals surface area (Å²) in [7, 11) is 0. The van der Waals surface area contributed by atoms with Crippen LogP contribution in [0.25, 0.3) is 5.65 Å². The van der Waals surface area contributed by atoms with Gasteiger partial charge in [-0.1, -0.05) is 32.9 Å². The number of alkyl halides is 5. The van der Waals surface area contributed by atoms with E-state index in [-0.39, 0.29) is 11.5 Å². The highest BCUT2D eigenvalue weighted by molar-refractivity contribution is 5.46. The summed E-state index contributed by atoms with van der Waals surface area (Å²) >= 11 is 0. The molecule has 0 amide bonds. The fourth-order valence-corrected chi connectivity index (χ4v) is 2.86. The zero-order chi connectivity index (χ0) is 20.7. The fourth-order valence-electron chi connectivity index (χ4n) is 2.86. The Morgan fingerprint density at radius 2 is 1.71 bits per heavy atom. The largest absolute Gasteiger partial charge is 0.416 e. The van der Waals surface area contributed by atoms with Crippen molar-refractivity contribution in [3.63, 3.8) is 0 Å². The maximum absolute atomic E-state index is 13.1. The van der Waals surface area contributed by atoms with Crippen LogP contribution in [0.3, 0.4) is 0 Å². The molecule has 2 heterocycles. The van der Waals surface area contributed by atoms with Gasteiger partial charge in [-0.3, -0.25) is 0 Å². The van der Waals surface area contributed by atoms with Gasteiger partial charge in [-0.15, -0.1) is 15.3 Å². The quantitative estimate of drug-likeness (QED) is 0.607. The Labute approximate surface area is 157 Å². The van der Waals surface area contributed by atoms with E-state index in [1.807, 2.05) is 20.8 Å². The van der Waals surface area contributed by atoms with Crippen LogP contribution in [-0.4, -0.2) is 19.8 Å². The summed E-state index contributed by atoms with van der Waals surface area (Å²) in [6.45, 7) is 5.56. The maximum atomic E-state index is 13.1. The van der Waals surface area contributed by atoms with E-state index in [9.17, 15) is 22.0 Å². The van der Waals surface area contributed by atoms with Crippen LogP contribution in [0.1, 0.15) is 50.2 Å². The van der Waals surface area contributed by atoms with Gasteiger partial charge in [0.05, 0.1) is 11.6 Å². The lowest BCUT2D eigenvalue weighted by Gasteiger charge is -2.32. The summed E-state index contributed by atoms with van der Waals surface area (Å²) in [4.78, 5) is 0. The molecule has 5 nitrogen and oxygen atoms in total. The molecule has 0 fully saturated rings. The van der Waals surface area contributed by atoms with Gasteiger partial charge in [-0.05, 0) is 35.2 Å². The molecule has 0 aliphatic carbocycles. The van der Waals surface area contributed by atoms with Crippen molar-refractivity contribution in [3.05, 3.63) is 53.3 Å². The Kier molecular flexibility index (Phi) is 4.99. The Hall–Kier alpha value is -2.78. The molecule has 2 aromatic heterocycles. The minimum absolute atomic E-state index is 0.146. The second-order valence-corrected chi connectivity index (χ2v) is 7.41. The number of benzene rings is 1. The second-order valence-electron chi connectivity index (χ2n) is 7.41. The molecule has 0 aliphatic rings. The molecule has 0 saturated carbocycles. The molecule has 0 spiro atoms. The average molecular weight is 399 g/mol. The number of aromatic nitrogens is 4. The molecule has 1 unspecified atom stereocenters. The van der Waals surface area contributed by atoms with Gasteiger partial charge in [0.15, 0.2) is 5.65 Å². The minimum atomic E-state index is -4.47. The van der Waals surface area contributed by atoms with Crippen molar-refractivity contribution in [2.75, 3.05) is 5.32 Å². The normalized spacial score (nSPS) is 13.9. The first-order chi connectivity index (χ1) is 13.0. The first-order valence-electron chi connectivity index (χ1n) is 8.41. The van der Waals surface area contributed by atoms with Crippen molar-refractivity contribution in [2.45, 2.75) is 39.4 Å². The molecule has 28 heavy (non-hydrogen) atoms. The first-order valence-corrected chi connectivity index (χ1v) is 8.41. The van der Waals surface area contributed by atoms with E-state index in [0.29, 0.717) is 5.56 Å². The number of anilines is 1. The number of nitrogens with zero attached hydrogens (tertiary/aromatic N) is 4. The van der Waals surface area contributed by atoms with E-state index in [2.05, 4.69) is 20.6 Å². The maximum Gasteiger partial charge on any atom is 0.416 e. The van der Waals surface area contributed by atoms with Gasteiger partial charge in [-0.2, -0.15) is 17.7 Å². The van der Waals surface area contributed by atoms with Crippen LogP contribution >= 0.6 is 0 Å². The summed E-state index contributed by atoms with van der Waals surface area (Å²) < 4.78 is 66.3. The summed E-state index contributed by atoms with van der Waals surface area (Å²) in [5, 5.41) is 14.2. The predicted molar refractivity (Wildman–Crippen MR) is 93.0 cm³/mol. The predicted octanol–water partition coefficient (Wildman–Crippen LogP) is 5.28. The van der Waals surface area contributed by atoms with Crippen LogP contribution in [0, 0.1) is 5.41 Å². The van der Waals surface area contributed by atoms with Crippen molar-refractivity contribution in [2.24, 2.45) is 5.41 Å². The van der Waals surface area contributed by atoms with Gasteiger partial charge >= 0.3 is 6.18 Å². The summed E-state index contributed by atoms with van der Waals surface area (Å²) in [5.74, 6) is -0.392. The third-order valence-corrected chi connectivity index (χ3v) is 4.19. The fraction of sp³-hybridized carbons (Fsp3) is 0.389. The van der Waals surface area contributed by atoms with Gasteiger partial charge in [0.2, 0.25) is 5.82 Å². The molecule has 1 atom stereocenters. The number of rotatable bonds is 4. The molecular weight excluding hydrogens is 381 g/mol. The number of hydrogen-bond donors (Lipinski definition) is 1. The topological polar surface area (TPSA) is 55.1 Å². The Morgan fingerprint density at radius 1 is 1.00 bits per heavy atom. The minimum Gasteiger partial charge on any atom is -0.361 e. The molecular formula is C18H18F5N5. The van der Waals surface area contributed by atoms with E-state index in [1.54, 1.807) is 6.07 Å². The molecule has 0 saturated heterocycles. The van der Waals surface area contributed by atoms with Gasteiger partial charge in [-0.25, -0.2) is 8.78 Å². The van der Waals surface area contributed by atoms with E-state index in [1.165, 1.54) is 18.2 Å². The monoisotopic (exact) mass is 399 g/mol. The van der Waals surface area contributed by atoms with Gasteiger partial charge in [0.1, 0.15) is 5.82 Å². The molecule has 150 valence electrons. The van der Waals surface area contributed by atoms with Gasteiger partial charge < -0.3 is 5.32 Å². The van der Waals surface area contributed by atoms with E-state index < -0.39 is 35.4 Å². The summed E-state index contributed by atoms with van der Waals surface area (Å²) in [5.41, 5.74) is -0.711. The number of fused-ring (bicyclic) bond motifs is 1. The molecule has 0 aliphatic heterocycles.